The summed E-state index contributed by atoms with van der Waals surface area (Å²) < 4.78 is 0. The Labute approximate surface area is 110 Å². The molecule has 1 aliphatic rings. The van der Waals surface area contributed by atoms with Crippen LogP contribution in [-0.4, -0.2) is 34.1 Å². The van der Waals surface area contributed by atoms with Crippen LogP contribution >= 0.6 is 11.3 Å². The Bertz CT molecular complexity index is 566. The molecule has 0 unspecified atom stereocenters. The number of carbonyl (C=O) groups is 1. The van der Waals surface area contributed by atoms with Crippen molar-refractivity contribution in [2.75, 3.05) is 13.1 Å². The van der Waals surface area contributed by atoms with Crippen molar-refractivity contribution >= 4 is 17.2 Å². The van der Waals surface area contributed by atoms with Gasteiger partial charge in [-0.05, 0) is 38.0 Å². The van der Waals surface area contributed by atoms with Gasteiger partial charge >= 0.3 is 0 Å². The second-order valence-electron chi connectivity index (χ2n) is 4.58. The number of amides is 1. The minimum absolute atomic E-state index is 0.0447. The van der Waals surface area contributed by atoms with Crippen LogP contribution in [0.5, 0.6) is 0 Å². The molecule has 3 rings (SSSR count). The van der Waals surface area contributed by atoms with Gasteiger partial charge < -0.3 is 4.90 Å². The number of thiophene rings is 1. The molecule has 1 aliphatic heterocycles. The monoisotopic (exact) mass is 261 g/mol. The van der Waals surface area contributed by atoms with E-state index in [-0.39, 0.29) is 5.91 Å². The first-order valence-electron chi connectivity index (χ1n) is 6.15. The third kappa shape index (κ3) is 2.06. The quantitative estimate of drug-likeness (QED) is 0.903. The lowest BCUT2D eigenvalue weighted by atomic mass is 10.3. The van der Waals surface area contributed by atoms with Crippen LogP contribution in [0.3, 0.4) is 0 Å². The highest BCUT2D eigenvalue weighted by Crippen LogP contribution is 2.26. The fraction of sp³-hybridized carbons (Fsp3) is 0.385. The van der Waals surface area contributed by atoms with Crippen molar-refractivity contribution < 1.29 is 4.79 Å². The fourth-order valence-corrected chi connectivity index (χ4v) is 3.05. The molecule has 1 amide bonds. The van der Waals surface area contributed by atoms with Gasteiger partial charge in [-0.25, -0.2) is 0 Å². The molecule has 0 aromatic carbocycles. The summed E-state index contributed by atoms with van der Waals surface area (Å²) in [6.45, 7) is 3.79. The van der Waals surface area contributed by atoms with E-state index in [0.29, 0.717) is 5.69 Å². The van der Waals surface area contributed by atoms with Crippen LogP contribution in [0, 0.1) is 6.92 Å². The maximum atomic E-state index is 12.1. The Balaban J connectivity index is 1.82. The summed E-state index contributed by atoms with van der Waals surface area (Å²) in [6.07, 6.45) is 2.21. The van der Waals surface area contributed by atoms with E-state index in [4.69, 9.17) is 0 Å². The Kier molecular flexibility index (Phi) is 2.91. The number of H-pyrrole nitrogens is 1. The van der Waals surface area contributed by atoms with Crippen molar-refractivity contribution in [3.8, 4) is 10.6 Å². The Morgan fingerprint density at radius 1 is 1.39 bits per heavy atom. The minimum atomic E-state index is 0.0447. The van der Waals surface area contributed by atoms with Crippen molar-refractivity contribution in [1.29, 1.82) is 0 Å². The van der Waals surface area contributed by atoms with E-state index in [1.165, 1.54) is 4.88 Å². The molecule has 1 saturated heterocycles. The first-order chi connectivity index (χ1) is 8.74. The van der Waals surface area contributed by atoms with Crippen LogP contribution in [0.15, 0.2) is 18.2 Å². The number of hydrogen-bond donors (Lipinski definition) is 1. The fourth-order valence-electron chi connectivity index (χ4n) is 2.22. The molecule has 4 nitrogen and oxygen atoms in total. The van der Waals surface area contributed by atoms with Gasteiger partial charge in [0, 0.05) is 18.0 Å². The van der Waals surface area contributed by atoms with Gasteiger partial charge in [0.15, 0.2) is 5.69 Å². The third-order valence-electron chi connectivity index (χ3n) is 3.20. The molecule has 1 N–H and O–H groups in total. The smallest absolute Gasteiger partial charge is 0.274 e. The van der Waals surface area contributed by atoms with Gasteiger partial charge in [-0.15, -0.1) is 11.3 Å². The molecule has 0 spiro atoms. The number of nitrogens with zero attached hydrogens (tertiary/aromatic N) is 2. The Hall–Kier alpha value is -1.62. The highest BCUT2D eigenvalue weighted by molar-refractivity contribution is 7.15. The molecule has 3 heterocycles. The third-order valence-corrected chi connectivity index (χ3v) is 4.23. The maximum absolute atomic E-state index is 12.1. The highest BCUT2D eigenvalue weighted by atomic mass is 32.1. The second-order valence-corrected chi connectivity index (χ2v) is 5.86. The molecule has 0 saturated carbocycles. The molecule has 5 heteroatoms. The topological polar surface area (TPSA) is 49.0 Å². The van der Waals surface area contributed by atoms with Crippen molar-refractivity contribution in [3.05, 3.63) is 28.8 Å². The minimum Gasteiger partial charge on any atom is -0.337 e. The van der Waals surface area contributed by atoms with Crippen LogP contribution in [0.25, 0.3) is 10.6 Å². The lowest BCUT2D eigenvalue weighted by molar-refractivity contribution is 0.0787. The first kappa shape index (κ1) is 11.5. The Morgan fingerprint density at radius 2 is 2.17 bits per heavy atom. The van der Waals surface area contributed by atoms with Crippen molar-refractivity contribution in [2.45, 2.75) is 19.8 Å². The van der Waals surface area contributed by atoms with E-state index in [2.05, 4.69) is 29.3 Å². The standard InChI is InChI=1S/C13H15N3OS/c1-9-4-5-12(18-9)10-8-11(15-14-10)13(17)16-6-2-3-7-16/h4-5,8H,2-3,6-7H2,1H3,(H,14,15). The first-order valence-corrected chi connectivity index (χ1v) is 6.97. The van der Waals surface area contributed by atoms with Gasteiger partial charge in [0.05, 0.1) is 10.6 Å². The zero-order valence-electron chi connectivity index (χ0n) is 10.3. The summed E-state index contributed by atoms with van der Waals surface area (Å²) in [7, 11) is 0. The predicted octanol–water partition coefficient (Wildman–Crippen LogP) is 2.68. The van der Waals surface area contributed by atoms with Gasteiger partial charge in [-0.2, -0.15) is 5.10 Å². The van der Waals surface area contributed by atoms with E-state index in [0.717, 1.165) is 36.5 Å². The summed E-state index contributed by atoms with van der Waals surface area (Å²) in [5.74, 6) is 0.0447. The van der Waals surface area contributed by atoms with Gasteiger partial charge in [-0.3, -0.25) is 9.89 Å². The molecule has 0 radical (unpaired) electrons. The van der Waals surface area contributed by atoms with E-state index in [9.17, 15) is 4.79 Å². The van der Waals surface area contributed by atoms with Crippen LogP contribution < -0.4 is 0 Å². The summed E-state index contributed by atoms with van der Waals surface area (Å²) in [4.78, 5) is 16.4. The van der Waals surface area contributed by atoms with Crippen molar-refractivity contribution in [2.24, 2.45) is 0 Å². The number of likely N-dealkylation sites (tertiary alicyclic amines) is 1. The normalized spacial score (nSPS) is 15.3. The maximum Gasteiger partial charge on any atom is 0.274 e. The van der Waals surface area contributed by atoms with Gasteiger partial charge in [0.2, 0.25) is 0 Å². The molecule has 1 fully saturated rings. The zero-order valence-corrected chi connectivity index (χ0v) is 11.1. The van der Waals surface area contributed by atoms with Crippen LogP contribution in [0.2, 0.25) is 0 Å². The molecular formula is C13H15N3OS. The SMILES string of the molecule is Cc1ccc(-c2cc(C(=O)N3CCCC3)n[nH]2)s1. The second kappa shape index (κ2) is 4.57. The molecule has 94 valence electrons. The van der Waals surface area contributed by atoms with Crippen molar-refractivity contribution in [1.82, 2.24) is 15.1 Å². The number of hydrogen-bond acceptors (Lipinski definition) is 3. The summed E-state index contributed by atoms with van der Waals surface area (Å²) in [5.41, 5.74) is 1.45. The predicted molar refractivity (Wildman–Crippen MR) is 71.8 cm³/mol. The van der Waals surface area contributed by atoms with Gasteiger partial charge in [0.25, 0.3) is 5.91 Å². The largest absolute Gasteiger partial charge is 0.337 e. The molecular weight excluding hydrogens is 246 g/mol. The number of nitrogens with one attached hydrogen (secondary N) is 1. The molecule has 0 atom stereocenters. The number of carbonyl (C=O) groups excluding carboxylic acids is 1. The summed E-state index contributed by atoms with van der Waals surface area (Å²) in [5, 5.41) is 7.09. The molecule has 0 aliphatic carbocycles. The number of aromatic nitrogens is 2. The highest BCUT2D eigenvalue weighted by Gasteiger charge is 2.21. The molecule has 18 heavy (non-hydrogen) atoms. The average Bonchev–Trinajstić information content (AvgIpc) is 3.09. The molecule has 2 aromatic heterocycles. The Morgan fingerprint density at radius 3 is 2.83 bits per heavy atom. The lowest BCUT2D eigenvalue weighted by Gasteiger charge is -2.12. The average molecular weight is 261 g/mol. The summed E-state index contributed by atoms with van der Waals surface area (Å²) >= 11 is 1.70. The van der Waals surface area contributed by atoms with E-state index in [1.807, 2.05) is 11.0 Å². The van der Waals surface area contributed by atoms with E-state index in [1.54, 1.807) is 11.3 Å². The van der Waals surface area contributed by atoms with Crippen LogP contribution in [-0.2, 0) is 0 Å². The lowest BCUT2D eigenvalue weighted by Crippen LogP contribution is -2.27. The number of aryl methyl sites for hydroxylation is 1. The molecule has 0 bridgehead atoms. The van der Waals surface area contributed by atoms with Crippen molar-refractivity contribution in [3.63, 3.8) is 0 Å². The number of aromatic amines is 1. The number of rotatable bonds is 2. The van der Waals surface area contributed by atoms with E-state index < -0.39 is 0 Å². The van der Waals surface area contributed by atoms with Gasteiger partial charge in [0.1, 0.15) is 0 Å². The summed E-state index contributed by atoms with van der Waals surface area (Å²) in [6, 6.07) is 5.98. The van der Waals surface area contributed by atoms with E-state index >= 15 is 0 Å². The van der Waals surface area contributed by atoms with Crippen LogP contribution in [0.1, 0.15) is 28.2 Å². The van der Waals surface area contributed by atoms with Crippen LogP contribution in [0.4, 0.5) is 0 Å². The zero-order chi connectivity index (χ0) is 12.5. The molecule has 2 aromatic rings. The van der Waals surface area contributed by atoms with Gasteiger partial charge in [-0.1, -0.05) is 0 Å².